The van der Waals surface area contributed by atoms with Crippen LogP contribution in [0.3, 0.4) is 0 Å². The van der Waals surface area contributed by atoms with E-state index >= 15 is 0 Å². The van der Waals surface area contributed by atoms with Crippen LogP contribution in [-0.4, -0.2) is 63.2 Å². The Hall–Kier alpha value is -2.97. The Bertz CT molecular complexity index is 1620. The number of anilines is 1. The molecule has 3 rings (SSSR count). The summed E-state index contributed by atoms with van der Waals surface area (Å²) in [7, 11) is -1.85. The first-order valence-electron chi connectivity index (χ1n) is 17.2. The van der Waals surface area contributed by atoms with E-state index in [0.29, 0.717) is 36.9 Å². The number of hydrogen-bond donors (Lipinski definition) is 0. The first-order valence-corrected chi connectivity index (χ1v) is 17.6. The summed E-state index contributed by atoms with van der Waals surface area (Å²) in [5.74, 6) is 0. The lowest BCUT2D eigenvalue weighted by Gasteiger charge is -2.30. The van der Waals surface area contributed by atoms with Gasteiger partial charge in [-0.25, -0.2) is 4.85 Å². The minimum atomic E-state index is -0.927. The second-order valence-corrected chi connectivity index (χ2v) is 15.1. The molecule has 1 aliphatic heterocycles. The number of rotatable bonds is 17. The van der Waals surface area contributed by atoms with Crippen LogP contribution < -0.4 is 4.90 Å². The van der Waals surface area contributed by atoms with Gasteiger partial charge in [0.25, 0.3) is 0 Å². The topological polar surface area (TPSA) is 73.6 Å². The number of nitrogens with zero attached hydrogens (tertiary/aromatic N) is 4. The first-order chi connectivity index (χ1) is 23.8. The van der Waals surface area contributed by atoms with Crippen molar-refractivity contribution in [3.8, 4) is 12.1 Å². The monoisotopic (exact) mass is 674 g/mol. The Morgan fingerprint density at radius 3 is 2.33 bits per heavy atom. The second kappa shape index (κ2) is 18.4. The molecule has 1 heterocycles. The second-order valence-electron chi connectivity index (χ2n) is 11.9. The van der Waals surface area contributed by atoms with Crippen LogP contribution in [0.25, 0.3) is 10.9 Å². The van der Waals surface area contributed by atoms with Crippen molar-refractivity contribution in [3.63, 3.8) is 0 Å². The quantitative estimate of drug-likeness (QED) is 0.0563. The Morgan fingerprint density at radius 2 is 1.74 bits per heavy atom. The highest BCUT2D eigenvalue weighted by Gasteiger charge is 2.37. The van der Waals surface area contributed by atoms with E-state index in [0.717, 1.165) is 53.8 Å². The summed E-state index contributed by atoms with van der Waals surface area (Å²) in [6.45, 7) is 18.3. The maximum Gasteiger partial charge on any atom is 0.207 e. The van der Waals surface area contributed by atoms with Crippen molar-refractivity contribution in [1.29, 1.82) is 15.9 Å². The minimum absolute atomic E-state index is 0.0219. The van der Waals surface area contributed by atoms with Gasteiger partial charge in [0, 0.05) is 28.4 Å². The fourth-order valence-corrected chi connectivity index (χ4v) is 7.13. The lowest BCUT2D eigenvalue weighted by atomic mass is 9.75. The van der Waals surface area contributed by atoms with Gasteiger partial charge in [0.1, 0.15) is 33.3 Å². The third kappa shape index (κ3) is 11.1. The van der Waals surface area contributed by atoms with E-state index in [2.05, 4.69) is 72.2 Å². The van der Waals surface area contributed by atoms with E-state index in [-0.39, 0.29) is 22.3 Å². The predicted octanol–water partition coefficient (Wildman–Crippen LogP) is 7.25. The average Bonchev–Trinajstić information content (AvgIpc) is 3.31. The molecule has 0 spiro atoms. The van der Waals surface area contributed by atoms with Gasteiger partial charge in [-0.3, -0.25) is 0 Å². The van der Waals surface area contributed by atoms with Gasteiger partial charge >= 0.3 is 0 Å². The van der Waals surface area contributed by atoms with Crippen molar-refractivity contribution in [3.05, 3.63) is 105 Å². The summed E-state index contributed by atoms with van der Waals surface area (Å²) in [6.07, 6.45) is 14.3. The Morgan fingerprint density at radius 1 is 1.09 bits per heavy atom. The van der Waals surface area contributed by atoms with Crippen molar-refractivity contribution in [2.45, 2.75) is 45.3 Å². The van der Waals surface area contributed by atoms with Crippen LogP contribution in [0.5, 0.6) is 0 Å². The Kier molecular flexibility index (Phi) is 12.6. The lowest BCUT2D eigenvalue weighted by Crippen LogP contribution is -2.30. The molecule has 0 radical (unpaired) electrons. The lowest BCUT2D eigenvalue weighted by molar-refractivity contribution is 0.355. The van der Waals surface area contributed by atoms with Crippen molar-refractivity contribution >= 4 is 63.2 Å². The van der Waals surface area contributed by atoms with Gasteiger partial charge in [-0.1, -0.05) is 62.4 Å². The molecule has 1 aromatic carbocycles. The van der Waals surface area contributed by atoms with Crippen molar-refractivity contribution in [1.82, 2.24) is 0 Å². The molecule has 0 N–H and O–H groups in total. The van der Waals surface area contributed by atoms with Crippen LogP contribution in [-0.2, 0) is 8.37 Å². The SMILES string of the molecule is [2H]B([3H])CSOCCN(CCOSCB([2H])[3H])c1ccc(C=CC2=CC(=CC=CC3=C([N+]#[C-])C(=C(C#N)C#N)SC3(C)C)CC(C)(C)C2)cc1. The van der Waals surface area contributed by atoms with Crippen LogP contribution >= 0.6 is 35.8 Å². The highest BCUT2D eigenvalue weighted by Crippen LogP contribution is 2.52. The number of benzene rings is 1. The van der Waals surface area contributed by atoms with Crippen molar-refractivity contribution < 1.29 is 8.37 Å². The fraction of sp³-hybridized carbons (Fsp3) is 0.400. The standard InChI is InChI=1S/C35H42B2N4O2S3/c1-34(2)20-27(7-6-8-31-32(40-5)33(29(22-38)23-39)46-35(31,3)4)19-28(21-34)10-9-26-11-13-30(14-12-26)41(15-17-42-44-24-36)16-18-43-45-25-37/h6-14,19H,15-18,20-21,24-25,36-37H2,1-4H3/i36TD,37TD. The molecule has 1 aliphatic carbocycles. The Labute approximate surface area is 296 Å². The molecule has 2 aliphatic rings. The molecule has 46 heavy (non-hydrogen) atoms. The van der Waals surface area contributed by atoms with Crippen LogP contribution in [0.1, 0.15) is 46.1 Å². The van der Waals surface area contributed by atoms with Crippen molar-refractivity contribution in [2.24, 2.45) is 5.41 Å². The summed E-state index contributed by atoms with van der Waals surface area (Å²) < 4.78 is 40.0. The number of thioether (sulfide) groups is 1. The molecule has 0 saturated carbocycles. The molecule has 1 aromatic rings. The molecule has 0 aromatic heterocycles. The molecular formula is C35H42B2N4O2S3. The summed E-state index contributed by atoms with van der Waals surface area (Å²) >= 11 is 3.65. The molecule has 0 amide bonds. The fourth-order valence-electron chi connectivity index (χ4n) is 5.32. The van der Waals surface area contributed by atoms with Gasteiger partial charge in [0.15, 0.2) is 0 Å². The van der Waals surface area contributed by atoms with E-state index in [9.17, 15) is 10.5 Å². The zero-order valence-corrected chi connectivity index (χ0v) is 29.4. The van der Waals surface area contributed by atoms with Crippen LogP contribution in [0.2, 0.25) is 0 Å². The van der Waals surface area contributed by atoms with Crippen LogP contribution in [0.15, 0.2) is 87.5 Å². The van der Waals surface area contributed by atoms with Gasteiger partial charge in [-0.15, -0.1) is 11.8 Å². The minimum Gasteiger partial charge on any atom is -0.367 e. The van der Waals surface area contributed by atoms with E-state index < -0.39 is 20.3 Å². The van der Waals surface area contributed by atoms with Gasteiger partial charge in [-0.05, 0) is 107 Å². The van der Waals surface area contributed by atoms with Crippen molar-refractivity contribution in [2.75, 3.05) is 42.5 Å². The number of nitriles is 2. The van der Waals surface area contributed by atoms with Gasteiger partial charge in [-0.2, -0.15) is 10.5 Å². The smallest absolute Gasteiger partial charge is 0.207 e. The zero-order chi connectivity index (χ0) is 36.7. The highest BCUT2D eigenvalue weighted by molar-refractivity contribution is 8.05. The maximum atomic E-state index is 9.40. The van der Waals surface area contributed by atoms with E-state index in [1.165, 1.54) is 22.9 Å². The number of hydrogen-bond acceptors (Lipinski definition) is 8. The zero-order valence-electron chi connectivity index (χ0n) is 30.9. The van der Waals surface area contributed by atoms with Gasteiger partial charge < -0.3 is 13.3 Å². The third-order valence-electron chi connectivity index (χ3n) is 7.29. The molecule has 0 unspecified atom stereocenters. The van der Waals surface area contributed by atoms with Gasteiger partial charge in [0.2, 0.25) is 5.70 Å². The predicted molar refractivity (Wildman–Crippen MR) is 203 cm³/mol. The Balaban J connectivity index is 1.74. The molecule has 0 atom stereocenters. The third-order valence-corrected chi connectivity index (χ3v) is 9.56. The summed E-state index contributed by atoms with van der Waals surface area (Å²) in [5, 5.41) is 18.8. The maximum absolute atomic E-state index is 9.40. The number of allylic oxidation sites excluding steroid dienone is 8. The highest BCUT2D eigenvalue weighted by atomic mass is 32.2. The first kappa shape index (κ1) is 31.6. The summed E-state index contributed by atoms with van der Waals surface area (Å²) in [4.78, 5) is 6.30. The molecule has 0 saturated heterocycles. The van der Waals surface area contributed by atoms with Gasteiger partial charge in [0.05, 0.1) is 19.8 Å². The molecule has 0 bridgehead atoms. The van der Waals surface area contributed by atoms with E-state index in [1.807, 2.05) is 38.1 Å². The van der Waals surface area contributed by atoms with Crippen LogP contribution in [0.4, 0.5) is 5.69 Å². The largest absolute Gasteiger partial charge is 0.367 e. The van der Waals surface area contributed by atoms with E-state index in [1.54, 1.807) is 0 Å². The molecule has 6 nitrogen and oxygen atoms in total. The summed E-state index contributed by atoms with van der Waals surface area (Å²) in [6, 6.07) is 12.1. The van der Waals surface area contributed by atoms with Crippen LogP contribution in [0, 0.1) is 34.6 Å². The molecule has 238 valence electrons. The molecule has 0 fully saturated rings. The molecular weight excluding hydrogens is 626 g/mol. The summed E-state index contributed by atoms with van der Waals surface area (Å²) in [5.41, 5.74) is 6.28. The molecule has 11 heteroatoms. The normalized spacial score (nSPS) is 19.1. The van der Waals surface area contributed by atoms with E-state index in [4.69, 9.17) is 20.3 Å². The average molecular weight is 675 g/mol.